The van der Waals surface area contributed by atoms with Crippen LogP contribution in [0.1, 0.15) is 12.8 Å². The minimum Gasteiger partial charge on any atom is -0.381 e. The van der Waals surface area contributed by atoms with E-state index in [1.807, 2.05) is 0 Å². The van der Waals surface area contributed by atoms with Crippen molar-refractivity contribution in [3.8, 4) is 0 Å². The fourth-order valence-electron chi connectivity index (χ4n) is 1.46. The molecule has 2 amide bonds. The van der Waals surface area contributed by atoms with Gasteiger partial charge in [0.25, 0.3) is 0 Å². The standard InChI is InChI=1S/C11H13BrN4O2/c12-9-6-13-10(14-7-9)16-11(17)15-5-8-1-3-18-4-2-8/h5-7H,1-4H2,(H2,13,14,15,16,17). The first kappa shape index (κ1) is 13.0. The maximum Gasteiger partial charge on any atom is 0.325 e. The summed E-state index contributed by atoms with van der Waals surface area (Å²) in [5.41, 5.74) is 1.17. The maximum atomic E-state index is 11.6. The molecule has 0 aromatic carbocycles. The minimum atomic E-state index is -0.351. The lowest BCUT2D eigenvalue weighted by Crippen LogP contribution is -2.26. The third-order valence-corrected chi connectivity index (χ3v) is 2.80. The molecule has 7 heteroatoms. The molecule has 1 aromatic heterocycles. The van der Waals surface area contributed by atoms with E-state index < -0.39 is 0 Å². The van der Waals surface area contributed by atoms with Crippen LogP contribution in [0.15, 0.2) is 28.6 Å². The van der Waals surface area contributed by atoms with Crippen LogP contribution in [0, 0.1) is 0 Å². The van der Waals surface area contributed by atoms with Crippen LogP contribution in [-0.2, 0) is 4.74 Å². The second kappa shape index (κ2) is 6.46. The molecule has 1 aromatic rings. The molecule has 18 heavy (non-hydrogen) atoms. The highest BCUT2D eigenvalue weighted by Gasteiger charge is 2.06. The van der Waals surface area contributed by atoms with Crippen molar-refractivity contribution in [2.24, 2.45) is 0 Å². The number of halogens is 1. The van der Waals surface area contributed by atoms with Gasteiger partial charge in [0.15, 0.2) is 0 Å². The summed E-state index contributed by atoms with van der Waals surface area (Å²) in [6.07, 6.45) is 6.57. The molecule has 2 N–H and O–H groups in total. The number of hydrogen-bond acceptors (Lipinski definition) is 4. The maximum absolute atomic E-state index is 11.6. The zero-order valence-electron chi connectivity index (χ0n) is 9.65. The van der Waals surface area contributed by atoms with Gasteiger partial charge in [0.05, 0.1) is 17.7 Å². The smallest absolute Gasteiger partial charge is 0.325 e. The number of ether oxygens (including phenoxy) is 1. The number of carbonyl (C=O) groups is 1. The largest absolute Gasteiger partial charge is 0.381 e. The monoisotopic (exact) mass is 312 g/mol. The van der Waals surface area contributed by atoms with Crippen LogP contribution >= 0.6 is 15.9 Å². The van der Waals surface area contributed by atoms with Gasteiger partial charge in [-0.2, -0.15) is 0 Å². The van der Waals surface area contributed by atoms with Crippen LogP contribution in [0.5, 0.6) is 0 Å². The van der Waals surface area contributed by atoms with E-state index in [9.17, 15) is 4.79 Å². The van der Waals surface area contributed by atoms with E-state index in [-0.39, 0.29) is 12.0 Å². The van der Waals surface area contributed by atoms with Crippen LogP contribution in [0.3, 0.4) is 0 Å². The van der Waals surface area contributed by atoms with Gasteiger partial charge in [-0.05, 0) is 34.3 Å². The molecule has 0 unspecified atom stereocenters. The van der Waals surface area contributed by atoms with Gasteiger partial charge in [-0.15, -0.1) is 0 Å². The molecule has 0 atom stereocenters. The number of urea groups is 1. The quantitative estimate of drug-likeness (QED) is 0.876. The molecule has 1 aliphatic heterocycles. The summed E-state index contributed by atoms with van der Waals surface area (Å²) in [6.45, 7) is 1.43. The Bertz CT molecular complexity index is 439. The van der Waals surface area contributed by atoms with Crippen molar-refractivity contribution in [3.05, 3.63) is 28.6 Å². The molecule has 2 heterocycles. The first-order valence-corrected chi connectivity index (χ1v) is 6.34. The molecular formula is C11H13BrN4O2. The van der Waals surface area contributed by atoms with E-state index in [0.29, 0.717) is 13.2 Å². The van der Waals surface area contributed by atoms with Gasteiger partial charge in [0, 0.05) is 18.6 Å². The van der Waals surface area contributed by atoms with Crippen LogP contribution in [0.4, 0.5) is 10.7 Å². The van der Waals surface area contributed by atoms with E-state index >= 15 is 0 Å². The summed E-state index contributed by atoms with van der Waals surface area (Å²) in [5.74, 6) is 0.265. The third-order valence-electron chi connectivity index (χ3n) is 2.39. The molecule has 0 radical (unpaired) electrons. The number of nitrogens with one attached hydrogen (secondary N) is 2. The van der Waals surface area contributed by atoms with Crippen molar-refractivity contribution >= 4 is 27.9 Å². The van der Waals surface area contributed by atoms with Crippen LogP contribution < -0.4 is 10.6 Å². The van der Waals surface area contributed by atoms with Gasteiger partial charge in [0.2, 0.25) is 5.95 Å². The zero-order valence-corrected chi connectivity index (χ0v) is 11.2. The molecule has 96 valence electrons. The second-order valence-corrected chi connectivity index (χ2v) is 4.65. The summed E-state index contributed by atoms with van der Waals surface area (Å²) in [5, 5.41) is 5.20. The highest BCUT2D eigenvalue weighted by molar-refractivity contribution is 9.10. The molecule has 2 rings (SSSR count). The van der Waals surface area contributed by atoms with Gasteiger partial charge in [-0.3, -0.25) is 5.32 Å². The second-order valence-electron chi connectivity index (χ2n) is 3.74. The highest BCUT2D eigenvalue weighted by Crippen LogP contribution is 2.11. The lowest BCUT2D eigenvalue weighted by molar-refractivity contribution is 0.119. The normalized spacial score (nSPS) is 15.1. The number of aromatic nitrogens is 2. The number of hydrogen-bond donors (Lipinski definition) is 2. The van der Waals surface area contributed by atoms with Crippen molar-refractivity contribution < 1.29 is 9.53 Å². The van der Waals surface area contributed by atoms with Crippen LogP contribution in [-0.4, -0.2) is 29.2 Å². The molecule has 0 spiro atoms. The summed E-state index contributed by atoms with van der Waals surface area (Å²) in [7, 11) is 0. The van der Waals surface area contributed by atoms with Gasteiger partial charge < -0.3 is 10.1 Å². The Hall–Kier alpha value is -1.47. The van der Waals surface area contributed by atoms with Crippen molar-refractivity contribution in [3.63, 3.8) is 0 Å². The molecule has 0 saturated carbocycles. The summed E-state index contributed by atoms with van der Waals surface area (Å²) < 4.78 is 5.98. The van der Waals surface area contributed by atoms with E-state index in [1.165, 1.54) is 5.57 Å². The fraction of sp³-hybridized carbons (Fsp3) is 0.364. The summed E-state index contributed by atoms with van der Waals surface area (Å²) in [4.78, 5) is 19.4. The SMILES string of the molecule is O=C(NC=C1CCOCC1)Nc1ncc(Br)cn1. The number of carbonyl (C=O) groups excluding carboxylic acids is 1. The molecule has 1 fully saturated rings. The number of amides is 2. The predicted octanol–water partition coefficient (Wildman–Crippen LogP) is 2.05. The molecule has 6 nitrogen and oxygen atoms in total. The molecule has 1 aliphatic rings. The predicted molar refractivity (Wildman–Crippen MR) is 70.0 cm³/mol. The summed E-state index contributed by atoms with van der Waals surface area (Å²) in [6, 6.07) is -0.351. The molecule has 0 bridgehead atoms. The van der Waals surface area contributed by atoms with Gasteiger partial charge >= 0.3 is 6.03 Å². The first-order chi connectivity index (χ1) is 8.74. The van der Waals surface area contributed by atoms with Crippen LogP contribution in [0.25, 0.3) is 0 Å². The van der Waals surface area contributed by atoms with Crippen LogP contribution in [0.2, 0.25) is 0 Å². The van der Waals surface area contributed by atoms with Crippen molar-refractivity contribution in [2.45, 2.75) is 12.8 Å². The average molecular weight is 313 g/mol. The number of anilines is 1. The Balaban J connectivity index is 1.83. The molecular weight excluding hydrogens is 300 g/mol. The average Bonchev–Trinajstić information content (AvgIpc) is 2.40. The van der Waals surface area contributed by atoms with Gasteiger partial charge in [-0.25, -0.2) is 14.8 Å². The molecule has 1 saturated heterocycles. The number of rotatable bonds is 2. The fourth-order valence-corrected chi connectivity index (χ4v) is 1.66. The van der Waals surface area contributed by atoms with Gasteiger partial charge in [-0.1, -0.05) is 0 Å². The van der Waals surface area contributed by atoms with E-state index in [4.69, 9.17) is 4.74 Å². The Morgan fingerprint density at radius 2 is 2.00 bits per heavy atom. The highest BCUT2D eigenvalue weighted by atomic mass is 79.9. The Kier molecular flexibility index (Phi) is 4.66. The van der Waals surface area contributed by atoms with Gasteiger partial charge in [0.1, 0.15) is 0 Å². The van der Waals surface area contributed by atoms with Crippen molar-refractivity contribution in [2.75, 3.05) is 18.5 Å². The van der Waals surface area contributed by atoms with E-state index in [1.54, 1.807) is 18.6 Å². The Morgan fingerprint density at radius 3 is 2.67 bits per heavy atom. The number of nitrogens with zero attached hydrogens (tertiary/aromatic N) is 2. The lowest BCUT2D eigenvalue weighted by atomic mass is 10.1. The topological polar surface area (TPSA) is 76.1 Å². The third kappa shape index (κ3) is 4.08. The zero-order chi connectivity index (χ0) is 12.8. The Morgan fingerprint density at radius 1 is 1.33 bits per heavy atom. The Labute approximate surface area is 113 Å². The first-order valence-electron chi connectivity index (χ1n) is 5.55. The van der Waals surface area contributed by atoms with E-state index in [2.05, 4.69) is 36.5 Å². The lowest BCUT2D eigenvalue weighted by Gasteiger charge is -2.14. The summed E-state index contributed by atoms with van der Waals surface area (Å²) >= 11 is 3.22. The molecule has 0 aliphatic carbocycles. The van der Waals surface area contributed by atoms with E-state index in [0.717, 1.165) is 17.3 Å². The minimum absolute atomic E-state index is 0.265. The van der Waals surface area contributed by atoms with Crippen molar-refractivity contribution in [1.82, 2.24) is 15.3 Å². The van der Waals surface area contributed by atoms with Crippen molar-refractivity contribution in [1.29, 1.82) is 0 Å².